The molecule has 0 unspecified atom stereocenters. The van der Waals surface area contributed by atoms with Crippen molar-refractivity contribution in [1.29, 1.82) is 0 Å². The Bertz CT molecular complexity index is 1800. The zero-order chi connectivity index (χ0) is 25.6. The summed E-state index contributed by atoms with van der Waals surface area (Å²) >= 11 is 0. The number of hydrogen-bond donors (Lipinski definition) is 3. The fourth-order valence-corrected chi connectivity index (χ4v) is 5.54. The zero-order valence-electron chi connectivity index (χ0n) is 21.2. The molecule has 8 nitrogen and oxygen atoms in total. The quantitative estimate of drug-likeness (QED) is 0.234. The minimum atomic E-state index is 0.541. The van der Waals surface area contributed by atoms with Gasteiger partial charge in [0.2, 0.25) is 0 Å². The molecule has 1 saturated carbocycles. The van der Waals surface area contributed by atoms with E-state index >= 15 is 0 Å². The number of fused-ring (bicyclic) bond motifs is 2. The molecule has 0 spiro atoms. The van der Waals surface area contributed by atoms with Crippen LogP contribution in [0, 0.1) is 12.8 Å². The molecular weight excluding hydrogens is 472 g/mol. The molecule has 0 amide bonds. The first-order chi connectivity index (χ1) is 18.6. The predicted molar refractivity (Wildman–Crippen MR) is 151 cm³/mol. The van der Waals surface area contributed by atoms with Crippen LogP contribution in [-0.4, -0.2) is 34.7 Å². The van der Waals surface area contributed by atoms with E-state index in [0.717, 1.165) is 61.6 Å². The van der Waals surface area contributed by atoms with Crippen LogP contribution in [0.2, 0.25) is 0 Å². The molecular formula is C30H28N8. The first-order valence-electron chi connectivity index (χ1n) is 13.0. The van der Waals surface area contributed by atoms with E-state index in [1.807, 2.05) is 44.1 Å². The summed E-state index contributed by atoms with van der Waals surface area (Å²) in [5, 5.41) is 13.2. The van der Waals surface area contributed by atoms with Crippen LogP contribution in [-0.2, 0) is 0 Å². The molecule has 7 rings (SSSR count). The molecule has 188 valence electrons. The Hall–Kier alpha value is -4.72. The van der Waals surface area contributed by atoms with E-state index in [0.29, 0.717) is 11.6 Å². The number of allylic oxidation sites excluding steroid dienone is 1. The lowest BCUT2D eigenvalue weighted by Crippen LogP contribution is -2.07. The molecule has 0 bridgehead atoms. The molecule has 1 fully saturated rings. The Morgan fingerprint density at radius 1 is 1.03 bits per heavy atom. The Kier molecular flexibility index (Phi) is 5.32. The number of aromatic amines is 2. The van der Waals surface area contributed by atoms with E-state index in [-0.39, 0.29) is 0 Å². The van der Waals surface area contributed by atoms with Crippen molar-refractivity contribution < 1.29 is 0 Å². The van der Waals surface area contributed by atoms with Crippen LogP contribution in [0.3, 0.4) is 0 Å². The summed E-state index contributed by atoms with van der Waals surface area (Å²) in [5.41, 5.74) is 9.61. The van der Waals surface area contributed by atoms with Crippen molar-refractivity contribution in [2.75, 3.05) is 5.32 Å². The Labute approximate surface area is 219 Å². The fraction of sp³-hybridized carbons (Fsp3) is 0.200. The first-order valence-corrected chi connectivity index (χ1v) is 13.0. The van der Waals surface area contributed by atoms with Gasteiger partial charge in [-0.1, -0.05) is 25.5 Å². The van der Waals surface area contributed by atoms with Gasteiger partial charge in [-0.05, 0) is 56.0 Å². The number of nitrogens with one attached hydrogen (secondary N) is 3. The highest BCUT2D eigenvalue weighted by molar-refractivity contribution is 5.98. The van der Waals surface area contributed by atoms with Gasteiger partial charge in [0.1, 0.15) is 0 Å². The van der Waals surface area contributed by atoms with Crippen LogP contribution in [0.1, 0.15) is 31.4 Å². The maximum atomic E-state index is 4.64. The molecule has 0 aliphatic heterocycles. The molecule has 38 heavy (non-hydrogen) atoms. The summed E-state index contributed by atoms with van der Waals surface area (Å²) in [6, 6.07) is 12.6. The average Bonchev–Trinajstić information content (AvgIpc) is 3.74. The van der Waals surface area contributed by atoms with Gasteiger partial charge in [-0.15, -0.1) is 0 Å². The van der Waals surface area contributed by atoms with Gasteiger partial charge in [-0.3, -0.25) is 10.1 Å². The van der Waals surface area contributed by atoms with Gasteiger partial charge >= 0.3 is 0 Å². The number of anilines is 1. The van der Waals surface area contributed by atoms with Gasteiger partial charge < -0.3 is 14.9 Å². The molecule has 5 heterocycles. The lowest BCUT2D eigenvalue weighted by Gasteiger charge is -2.15. The van der Waals surface area contributed by atoms with Gasteiger partial charge in [0, 0.05) is 51.7 Å². The van der Waals surface area contributed by atoms with Crippen molar-refractivity contribution >= 4 is 27.6 Å². The number of rotatable bonds is 6. The average molecular weight is 501 g/mol. The second-order valence-corrected chi connectivity index (χ2v) is 10.1. The number of nitrogens with zero attached hydrogens (tertiary/aromatic N) is 5. The first kappa shape index (κ1) is 22.5. The summed E-state index contributed by atoms with van der Waals surface area (Å²) in [5.74, 6) is 0.541. The second kappa shape index (κ2) is 8.99. The molecule has 0 atom stereocenters. The largest absolute Gasteiger partial charge is 0.358 e. The minimum Gasteiger partial charge on any atom is -0.358 e. The standard InChI is InChI=1S/C30H28N8/c1-18-16-38(17-33-18)28-9-5-8-26-24(28)12-27(35-26)29-25-11-22(14-32-30(25)37-36-29)21-10-23(15-31-13-21)34-19(2)20-6-3-4-7-20/h5,8-17,20,34-35H,2-4,6-7H2,1H3,(H,32,36,37). The van der Waals surface area contributed by atoms with E-state index in [1.54, 1.807) is 0 Å². The van der Waals surface area contributed by atoms with Gasteiger partial charge in [0.15, 0.2) is 5.65 Å². The Morgan fingerprint density at radius 3 is 2.74 bits per heavy atom. The van der Waals surface area contributed by atoms with Gasteiger partial charge in [0.05, 0.1) is 41.0 Å². The Morgan fingerprint density at radius 2 is 1.89 bits per heavy atom. The third kappa shape index (κ3) is 3.94. The van der Waals surface area contributed by atoms with Crippen molar-refractivity contribution in [3.05, 3.63) is 85.5 Å². The lowest BCUT2D eigenvalue weighted by molar-refractivity contribution is 0.649. The number of benzene rings is 1. The molecule has 0 saturated heterocycles. The predicted octanol–water partition coefficient (Wildman–Crippen LogP) is 6.78. The second-order valence-electron chi connectivity index (χ2n) is 10.1. The van der Waals surface area contributed by atoms with Gasteiger partial charge in [0.25, 0.3) is 0 Å². The van der Waals surface area contributed by atoms with E-state index in [1.165, 1.54) is 25.7 Å². The maximum absolute atomic E-state index is 4.64. The summed E-state index contributed by atoms with van der Waals surface area (Å²) < 4.78 is 2.05. The Balaban J connectivity index is 1.24. The van der Waals surface area contributed by atoms with E-state index in [4.69, 9.17) is 0 Å². The van der Waals surface area contributed by atoms with Crippen LogP contribution < -0.4 is 5.32 Å². The van der Waals surface area contributed by atoms with Crippen molar-refractivity contribution in [3.8, 4) is 28.2 Å². The molecule has 8 heteroatoms. The van der Waals surface area contributed by atoms with Crippen LogP contribution >= 0.6 is 0 Å². The van der Waals surface area contributed by atoms with Crippen LogP contribution in [0.5, 0.6) is 0 Å². The molecule has 0 radical (unpaired) electrons. The van der Waals surface area contributed by atoms with Crippen LogP contribution in [0.15, 0.2) is 79.8 Å². The number of pyridine rings is 2. The lowest BCUT2D eigenvalue weighted by atomic mass is 10.0. The molecule has 1 aliphatic carbocycles. The zero-order valence-corrected chi connectivity index (χ0v) is 21.2. The van der Waals surface area contributed by atoms with Crippen LogP contribution in [0.25, 0.3) is 50.1 Å². The SMILES string of the molecule is C=C(Nc1cncc(-c2cnc3n[nH]c(-c4cc5c(-n6cnc(C)c6)cccc5[nH]4)c3c2)c1)C1CCCC1. The molecule has 1 aliphatic rings. The number of hydrogen-bond acceptors (Lipinski definition) is 5. The van der Waals surface area contributed by atoms with E-state index in [2.05, 4.69) is 76.9 Å². The maximum Gasteiger partial charge on any atom is 0.181 e. The monoisotopic (exact) mass is 500 g/mol. The summed E-state index contributed by atoms with van der Waals surface area (Å²) in [7, 11) is 0. The van der Waals surface area contributed by atoms with Gasteiger partial charge in [-0.2, -0.15) is 5.10 Å². The number of H-pyrrole nitrogens is 2. The van der Waals surface area contributed by atoms with Crippen molar-refractivity contribution in [1.82, 2.24) is 34.7 Å². The van der Waals surface area contributed by atoms with Crippen molar-refractivity contribution in [2.45, 2.75) is 32.6 Å². The fourth-order valence-electron chi connectivity index (χ4n) is 5.54. The van der Waals surface area contributed by atoms with Gasteiger partial charge in [-0.25, -0.2) is 9.97 Å². The smallest absolute Gasteiger partial charge is 0.181 e. The number of aromatic nitrogens is 7. The van der Waals surface area contributed by atoms with E-state index < -0.39 is 0 Å². The van der Waals surface area contributed by atoms with Crippen molar-refractivity contribution in [2.24, 2.45) is 5.92 Å². The highest BCUT2D eigenvalue weighted by Gasteiger charge is 2.19. The number of imidazole rings is 1. The summed E-state index contributed by atoms with van der Waals surface area (Å²) in [6.07, 6.45) is 14.4. The third-order valence-electron chi connectivity index (χ3n) is 7.53. The minimum absolute atomic E-state index is 0.541. The van der Waals surface area contributed by atoms with E-state index in [9.17, 15) is 0 Å². The molecule has 6 aromatic rings. The van der Waals surface area contributed by atoms with Crippen LogP contribution in [0.4, 0.5) is 5.69 Å². The molecule has 1 aromatic carbocycles. The summed E-state index contributed by atoms with van der Waals surface area (Å²) in [4.78, 5) is 17.1. The summed E-state index contributed by atoms with van der Waals surface area (Å²) in [6.45, 7) is 6.28. The van der Waals surface area contributed by atoms with Crippen molar-refractivity contribution in [3.63, 3.8) is 0 Å². The number of aryl methyl sites for hydroxylation is 1. The topological polar surface area (TPSA) is 100 Å². The third-order valence-corrected chi connectivity index (χ3v) is 7.53. The normalized spacial score (nSPS) is 14.0. The highest BCUT2D eigenvalue weighted by atomic mass is 15.2. The molecule has 5 aromatic heterocycles. The molecule has 3 N–H and O–H groups in total. The highest BCUT2D eigenvalue weighted by Crippen LogP contribution is 2.34.